The van der Waals surface area contributed by atoms with Crippen LogP contribution in [0, 0.1) is 5.41 Å². The largest absolute Gasteiger partial charge is 0.485 e. The molecule has 4 nitrogen and oxygen atoms in total. The second-order valence-electron chi connectivity index (χ2n) is 9.18. The van der Waals surface area contributed by atoms with Crippen LogP contribution in [0.4, 0.5) is 22.0 Å². The molecule has 1 unspecified atom stereocenters. The number of halogens is 7. The fourth-order valence-corrected chi connectivity index (χ4v) is 5.10. The lowest BCUT2D eigenvalue weighted by molar-refractivity contribution is -0.173. The Balaban J connectivity index is 1.57. The van der Waals surface area contributed by atoms with Crippen molar-refractivity contribution in [3.05, 3.63) is 51.5 Å². The number of aryl methyl sites for hydroxylation is 1. The van der Waals surface area contributed by atoms with E-state index in [1.165, 1.54) is 6.07 Å². The van der Waals surface area contributed by atoms with Crippen molar-refractivity contribution in [3.8, 4) is 16.9 Å². The minimum absolute atomic E-state index is 0.0759. The average molecular weight is 550 g/mol. The number of Topliss-reactive ketones (excluding diaryl/α,β-unsaturated/α-hetero) is 1. The molecule has 0 saturated heterocycles. The minimum Gasteiger partial charge on any atom is -0.485 e. The van der Waals surface area contributed by atoms with Crippen LogP contribution in [0.15, 0.2) is 30.3 Å². The number of fused-ring (bicyclic) bond motifs is 1. The molecule has 1 fully saturated rings. The summed E-state index contributed by atoms with van der Waals surface area (Å²) in [6.45, 7) is -0.841. The number of hydrogen-bond acceptors (Lipinski definition) is 3. The molecular formula is C25H22Cl2F5NO3. The zero-order valence-corrected chi connectivity index (χ0v) is 20.4. The van der Waals surface area contributed by atoms with Gasteiger partial charge in [0.25, 0.3) is 6.43 Å². The highest BCUT2D eigenvalue weighted by Gasteiger charge is 2.55. The first-order valence-electron chi connectivity index (χ1n) is 11.3. The van der Waals surface area contributed by atoms with Crippen molar-refractivity contribution in [3.63, 3.8) is 0 Å². The molecule has 2 aliphatic rings. The third-order valence-electron chi connectivity index (χ3n) is 6.59. The van der Waals surface area contributed by atoms with E-state index >= 15 is 0 Å². The number of ketones is 1. The lowest BCUT2D eigenvalue weighted by atomic mass is 9.85. The normalized spacial score (nSPS) is 18.5. The molecule has 0 bridgehead atoms. The Bertz CT molecular complexity index is 1180. The first-order valence-corrected chi connectivity index (χ1v) is 12.1. The van der Waals surface area contributed by atoms with Gasteiger partial charge in [-0.15, -0.1) is 0 Å². The molecule has 1 atom stereocenters. The molecule has 0 heterocycles. The van der Waals surface area contributed by atoms with E-state index in [1.807, 2.05) is 6.07 Å². The highest BCUT2D eigenvalue weighted by atomic mass is 35.5. The van der Waals surface area contributed by atoms with Crippen molar-refractivity contribution in [2.24, 2.45) is 5.41 Å². The van der Waals surface area contributed by atoms with Crippen LogP contribution in [0.3, 0.4) is 0 Å². The maximum absolute atomic E-state index is 12.9. The van der Waals surface area contributed by atoms with Crippen LogP contribution >= 0.6 is 23.2 Å². The minimum atomic E-state index is -4.97. The Morgan fingerprint density at radius 1 is 1.14 bits per heavy atom. The first-order chi connectivity index (χ1) is 16.9. The molecular weight excluding hydrogens is 528 g/mol. The molecule has 11 heteroatoms. The second kappa shape index (κ2) is 10.2. The predicted molar refractivity (Wildman–Crippen MR) is 125 cm³/mol. The van der Waals surface area contributed by atoms with Crippen LogP contribution in [0.1, 0.15) is 49.3 Å². The van der Waals surface area contributed by atoms with Crippen LogP contribution in [0.2, 0.25) is 10.0 Å². The molecule has 0 radical (unpaired) electrons. The molecule has 0 aromatic heterocycles. The van der Waals surface area contributed by atoms with Gasteiger partial charge >= 0.3 is 6.18 Å². The van der Waals surface area contributed by atoms with Crippen molar-refractivity contribution >= 4 is 34.9 Å². The number of alkyl halides is 5. The molecule has 2 aromatic rings. The van der Waals surface area contributed by atoms with E-state index in [0.717, 1.165) is 11.1 Å². The fraction of sp³-hybridized carbons (Fsp3) is 0.440. The van der Waals surface area contributed by atoms with Crippen molar-refractivity contribution in [1.29, 1.82) is 0 Å². The lowest BCUT2D eigenvalue weighted by Crippen LogP contribution is -2.39. The maximum atomic E-state index is 12.9. The van der Waals surface area contributed by atoms with Gasteiger partial charge in [-0.3, -0.25) is 9.59 Å². The van der Waals surface area contributed by atoms with Crippen molar-refractivity contribution < 1.29 is 36.3 Å². The van der Waals surface area contributed by atoms with Gasteiger partial charge in [-0.05, 0) is 60.9 Å². The Morgan fingerprint density at radius 3 is 2.50 bits per heavy atom. The smallest absolute Gasteiger partial charge is 0.450 e. The van der Waals surface area contributed by atoms with Crippen molar-refractivity contribution in [2.75, 3.05) is 6.61 Å². The van der Waals surface area contributed by atoms with Gasteiger partial charge in [0.2, 0.25) is 11.7 Å². The number of nitrogens with one attached hydrogen (secondary N) is 1. The van der Waals surface area contributed by atoms with Gasteiger partial charge in [-0.2, -0.15) is 13.2 Å². The summed E-state index contributed by atoms with van der Waals surface area (Å²) in [5.41, 5.74) is 1.45. The fourth-order valence-electron chi connectivity index (χ4n) is 4.55. The number of carbonyl (C=O) groups excluding carboxylic acids is 2. The molecule has 1 amide bonds. The Labute approximate surface area is 214 Å². The summed E-state index contributed by atoms with van der Waals surface area (Å²) >= 11 is 12.3. The lowest BCUT2D eigenvalue weighted by Gasteiger charge is -2.29. The Morgan fingerprint density at radius 2 is 1.86 bits per heavy atom. The molecule has 0 aliphatic heterocycles. The quantitative estimate of drug-likeness (QED) is 0.357. The van der Waals surface area contributed by atoms with E-state index in [2.05, 4.69) is 5.32 Å². The van der Waals surface area contributed by atoms with Crippen molar-refractivity contribution in [2.45, 2.75) is 57.2 Å². The summed E-state index contributed by atoms with van der Waals surface area (Å²) < 4.78 is 68.9. The van der Waals surface area contributed by atoms with Crippen LogP contribution in [-0.4, -0.2) is 30.9 Å². The standard InChI is InChI=1S/C25H22Cl2F5NO3/c26-15-9-17(22(18(27)10-15)36-12-21(28)29)14-4-5-16-13(8-14)2-1-3-19(16)33-23(35)24(6-7-24)11-20(34)25(30,31)32/h4-5,8-10,19,21H,1-3,6-7,11-12H2,(H,33,35). The van der Waals surface area contributed by atoms with Gasteiger partial charge in [0, 0.05) is 17.0 Å². The van der Waals surface area contributed by atoms with E-state index in [4.69, 9.17) is 27.9 Å². The summed E-state index contributed by atoms with van der Waals surface area (Å²) in [6.07, 6.45) is -6.07. The summed E-state index contributed by atoms with van der Waals surface area (Å²) in [5.74, 6) is -2.37. The molecule has 4 rings (SSSR count). The zero-order valence-electron chi connectivity index (χ0n) is 18.9. The van der Waals surface area contributed by atoms with Crippen LogP contribution in [0.25, 0.3) is 11.1 Å². The van der Waals surface area contributed by atoms with Gasteiger partial charge in [-0.1, -0.05) is 41.4 Å². The number of rotatable bonds is 8. The van der Waals surface area contributed by atoms with Gasteiger partial charge in [-0.25, -0.2) is 8.78 Å². The average Bonchev–Trinajstić information content (AvgIpc) is 3.58. The molecule has 0 spiro atoms. The monoisotopic (exact) mass is 549 g/mol. The first kappa shape index (κ1) is 26.7. The third kappa shape index (κ3) is 5.78. The van der Waals surface area contributed by atoms with Gasteiger partial charge < -0.3 is 10.1 Å². The topological polar surface area (TPSA) is 55.4 Å². The molecule has 2 aromatic carbocycles. The highest BCUT2D eigenvalue weighted by molar-refractivity contribution is 6.36. The summed E-state index contributed by atoms with van der Waals surface area (Å²) in [7, 11) is 0. The molecule has 194 valence electrons. The SMILES string of the molecule is O=C(CC1(C(=O)NC2CCCc3cc(-c4cc(Cl)cc(Cl)c4OCC(F)F)ccc32)CC1)C(F)(F)F. The summed E-state index contributed by atoms with van der Waals surface area (Å²) in [6, 6.07) is 7.87. The molecule has 2 aliphatic carbocycles. The molecule has 1 N–H and O–H groups in total. The van der Waals surface area contributed by atoms with Crippen LogP contribution in [0.5, 0.6) is 5.75 Å². The Hall–Kier alpha value is -2.39. The van der Waals surface area contributed by atoms with E-state index in [0.29, 0.717) is 35.4 Å². The van der Waals surface area contributed by atoms with Crippen LogP contribution < -0.4 is 10.1 Å². The number of ether oxygens (including phenoxy) is 1. The molecule has 1 saturated carbocycles. The summed E-state index contributed by atoms with van der Waals surface area (Å²) in [4.78, 5) is 24.3. The van der Waals surface area contributed by atoms with E-state index in [1.54, 1.807) is 18.2 Å². The number of amides is 1. The van der Waals surface area contributed by atoms with E-state index in [9.17, 15) is 31.5 Å². The second-order valence-corrected chi connectivity index (χ2v) is 10.0. The van der Waals surface area contributed by atoms with Gasteiger partial charge in [0.05, 0.1) is 16.5 Å². The maximum Gasteiger partial charge on any atom is 0.450 e. The van der Waals surface area contributed by atoms with Crippen LogP contribution in [-0.2, 0) is 16.0 Å². The number of hydrogen-bond donors (Lipinski definition) is 1. The zero-order chi connectivity index (χ0) is 26.3. The van der Waals surface area contributed by atoms with Gasteiger partial charge in [0.1, 0.15) is 12.4 Å². The van der Waals surface area contributed by atoms with E-state index < -0.39 is 48.8 Å². The predicted octanol–water partition coefficient (Wildman–Crippen LogP) is 7.10. The Kier molecular flexibility index (Phi) is 7.53. The van der Waals surface area contributed by atoms with E-state index in [-0.39, 0.29) is 23.6 Å². The highest BCUT2D eigenvalue weighted by Crippen LogP contribution is 2.51. The number of carbonyl (C=O) groups is 2. The molecule has 36 heavy (non-hydrogen) atoms. The summed E-state index contributed by atoms with van der Waals surface area (Å²) in [5, 5.41) is 3.23. The third-order valence-corrected chi connectivity index (χ3v) is 7.08. The number of benzene rings is 2. The van der Waals surface area contributed by atoms with Gasteiger partial charge in [0.15, 0.2) is 0 Å². The van der Waals surface area contributed by atoms with Crippen molar-refractivity contribution in [1.82, 2.24) is 5.32 Å².